The fraction of sp³-hybridized carbons (Fsp3) is 0.222. The molecule has 0 N–H and O–H groups in total. The van der Waals surface area contributed by atoms with Gasteiger partial charge in [-0.05, 0) is 46.9 Å². The van der Waals surface area contributed by atoms with Crippen LogP contribution in [0.5, 0.6) is 0 Å². The van der Waals surface area contributed by atoms with E-state index in [1.54, 1.807) is 18.2 Å². The second-order valence-corrected chi connectivity index (χ2v) is 6.16. The van der Waals surface area contributed by atoms with E-state index in [9.17, 15) is 8.42 Å². The van der Waals surface area contributed by atoms with E-state index in [2.05, 4.69) is 22.6 Å². The molecule has 0 amide bonds. The molecule has 0 bridgehead atoms. The van der Waals surface area contributed by atoms with Gasteiger partial charge in [-0.2, -0.15) is 9.57 Å². The van der Waals surface area contributed by atoms with Crippen molar-refractivity contribution in [2.75, 3.05) is 13.6 Å². The molecule has 0 saturated heterocycles. The number of sulfonamides is 1. The van der Waals surface area contributed by atoms with Crippen LogP contribution in [0.25, 0.3) is 0 Å². The molecular weight excluding hydrogens is 327 g/mol. The van der Waals surface area contributed by atoms with Crippen molar-refractivity contribution in [1.29, 1.82) is 5.26 Å². The standard InChI is InChI=1S/C9H9IN2O2S/c1-12(7-6-11)15(13,14)9-4-2-8(10)3-5-9/h2-5H,7H2,1H3. The van der Waals surface area contributed by atoms with Gasteiger partial charge in [0, 0.05) is 10.6 Å². The third-order valence-electron chi connectivity index (χ3n) is 1.82. The Kier molecular flexibility index (Phi) is 4.07. The third kappa shape index (κ3) is 2.90. The van der Waals surface area contributed by atoms with E-state index in [-0.39, 0.29) is 11.4 Å². The van der Waals surface area contributed by atoms with E-state index < -0.39 is 10.0 Å². The zero-order chi connectivity index (χ0) is 11.5. The maximum atomic E-state index is 11.8. The summed E-state index contributed by atoms with van der Waals surface area (Å²) < 4.78 is 25.6. The Morgan fingerprint density at radius 2 is 1.93 bits per heavy atom. The molecule has 4 nitrogen and oxygen atoms in total. The number of nitrogens with zero attached hydrogens (tertiary/aromatic N) is 2. The number of nitriles is 1. The first-order valence-corrected chi connectivity index (χ1v) is 6.59. The first-order valence-electron chi connectivity index (χ1n) is 4.07. The van der Waals surface area contributed by atoms with Crippen LogP contribution in [0.1, 0.15) is 0 Å². The number of hydrogen-bond acceptors (Lipinski definition) is 3. The highest BCUT2D eigenvalue weighted by Gasteiger charge is 2.19. The zero-order valence-electron chi connectivity index (χ0n) is 8.01. The summed E-state index contributed by atoms with van der Waals surface area (Å²) in [4.78, 5) is 0.209. The topological polar surface area (TPSA) is 61.2 Å². The fourth-order valence-electron chi connectivity index (χ4n) is 0.971. The highest BCUT2D eigenvalue weighted by atomic mass is 127. The van der Waals surface area contributed by atoms with Crippen LogP contribution in [-0.2, 0) is 10.0 Å². The Hall–Kier alpha value is -0.650. The quantitative estimate of drug-likeness (QED) is 0.620. The molecule has 0 radical (unpaired) electrons. The molecule has 0 unspecified atom stereocenters. The number of hydrogen-bond donors (Lipinski definition) is 0. The summed E-state index contributed by atoms with van der Waals surface area (Å²) in [6.07, 6.45) is 0. The Morgan fingerprint density at radius 1 is 1.40 bits per heavy atom. The predicted octanol–water partition coefficient (Wildman–Crippen LogP) is 1.44. The van der Waals surface area contributed by atoms with Crippen LogP contribution in [0.2, 0.25) is 0 Å². The van der Waals surface area contributed by atoms with E-state index in [4.69, 9.17) is 5.26 Å². The second kappa shape index (κ2) is 4.92. The lowest BCUT2D eigenvalue weighted by atomic mass is 10.4. The Labute approximate surface area is 103 Å². The van der Waals surface area contributed by atoms with Crippen LogP contribution in [0.3, 0.4) is 0 Å². The van der Waals surface area contributed by atoms with Crippen LogP contribution >= 0.6 is 22.6 Å². The SMILES string of the molecule is CN(CC#N)S(=O)(=O)c1ccc(I)cc1. The fourth-order valence-corrected chi connectivity index (χ4v) is 2.40. The van der Waals surface area contributed by atoms with Gasteiger partial charge in [-0.1, -0.05) is 0 Å². The van der Waals surface area contributed by atoms with Crippen LogP contribution in [-0.4, -0.2) is 26.3 Å². The molecule has 1 rings (SSSR count). The van der Waals surface area contributed by atoms with Gasteiger partial charge in [0.05, 0.1) is 11.0 Å². The summed E-state index contributed by atoms with van der Waals surface area (Å²) in [6, 6.07) is 8.30. The monoisotopic (exact) mass is 336 g/mol. The van der Waals surface area contributed by atoms with Crippen molar-refractivity contribution in [1.82, 2.24) is 4.31 Å². The molecule has 0 spiro atoms. The van der Waals surface area contributed by atoms with Gasteiger partial charge in [-0.3, -0.25) is 0 Å². The number of halogens is 1. The minimum absolute atomic E-state index is 0.145. The molecule has 1 aromatic rings. The van der Waals surface area contributed by atoms with Gasteiger partial charge in [-0.25, -0.2) is 8.42 Å². The summed E-state index contributed by atoms with van der Waals surface area (Å²) in [5, 5.41) is 8.43. The molecule has 0 aliphatic carbocycles. The summed E-state index contributed by atoms with van der Waals surface area (Å²) in [5.41, 5.74) is 0. The average Bonchev–Trinajstić information content (AvgIpc) is 2.18. The highest BCUT2D eigenvalue weighted by Crippen LogP contribution is 2.15. The molecule has 15 heavy (non-hydrogen) atoms. The van der Waals surface area contributed by atoms with E-state index in [1.807, 2.05) is 0 Å². The van der Waals surface area contributed by atoms with Gasteiger partial charge >= 0.3 is 0 Å². The predicted molar refractivity (Wildman–Crippen MR) is 64.6 cm³/mol. The molecule has 0 saturated carbocycles. The van der Waals surface area contributed by atoms with E-state index in [0.29, 0.717) is 0 Å². The summed E-state index contributed by atoms with van der Waals surface area (Å²) >= 11 is 2.10. The third-order valence-corrected chi connectivity index (χ3v) is 4.35. The van der Waals surface area contributed by atoms with Gasteiger partial charge in [0.2, 0.25) is 10.0 Å². The largest absolute Gasteiger partial charge is 0.243 e. The summed E-state index contributed by atoms with van der Waals surface area (Å²) in [6.45, 7) is -0.145. The molecule has 1 aromatic carbocycles. The van der Waals surface area contributed by atoms with Crippen molar-refractivity contribution in [3.8, 4) is 6.07 Å². The van der Waals surface area contributed by atoms with E-state index in [1.165, 1.54) is 19.2 Å². The van der Waals surface area contributed by atoms with Crippen LogP contribution < -0.4 is 0 Å². The Bertz CT molecular complexity index is 476. The Morgan fingerprint density at radius 3 is 2.40 bits per heavy atom. The van der Waals surface area contributed by atoms with Crippen LogP contribution in [0.4, 0.5) is 0 Å². The van der Waals surface area contributed by atoms with Crippen molar-refractivity contribution >= 4 is 32.6 Å². The normalized spacial score (nSPS) is 11.3. The molecule has 0 aliphatic rings. The van der Waals surface area contributed by atoms with Gasteiger partial charge in [0.15, 0.2) is 0 Å². The van der Waals surface area contributed by atoms with Crippen molar-refractivity contribution in [3.05, 3.63) is 27.8 Å². The van der Waals surface area contributed by atoms with Gasteiger partial charge in [0.1, 0.15) is 6.54 Å². The molecule has 80 valence electrons. The van der Waals surface area contributed by atoms with Crippen LogP contribution in [0.15, 0.2) is 29.2 Å². The number of benzene rings is 1. The highest BCUT2D eigenvalue weighted by molar-refractivity contribution is 14.1. The molecule has 6 heteroatoms. The molecule has 0 heterocycles. The zero-order valence-corrected chi connectivity index (χ0v) is 11.0. The Balaban J connectivity index is 3.07. The maximum absolute atomic E-state index is 11.8. The lowest BCUT2D eigenvalue weighted by molar-refractivity contribution is 0.501. The minimum Gasteiger partial charge on any atom is -0.207 e. The van der Waals surface area contributed by atoms with Crippen molar-refractivity contribution in [2.24, 2.45) is 0 Å². The minimum atomic E-state index is -3.51. The summed E-state index contributed by atoms with van der Waals surface area (Å²) in [7, 11) is -2.12. The van der Waals surface area contributed by atoms with Crippen molar-refractivity contribution in [3.63, 3.8) is 0 Å². The van der Waals surface area contributed by atoms with Crippen LogP contribution in [0, 0.1) is 14.9 Å². The van der Waals surface area contributed by atoms with Crippen molar-refractivity contribution in [2.45, 2.75) is 4.90 Å². The molecule has 0 aromatic heterocycles. The first-order chi connectivity index (χ1) is 6.98. The number of rotatable bonds is 3. The van der Waals surface area contributed by atoms with Crippen molar-refractivity contribution < 1.29 is 8.42 Å². The summed E-state index contributed by atoms with van der Waals surface area (Å²) in [5.74, 6) is 0. The van der Waals surface area contributed by atoms with Gasteiger partial charge in [-0.15, -0.1) is 0 Å². The van der Waals surface area contributed by atoms with Gasteiger partial charge in [0.25, 0.3) is 0 Å². The van der Waals surface area contributed by atoms with Gasteiger partial charge < -0.3 is 0 Å². The molecule has 0 aliphatic heterocycles. The molecule has 0 fully saturated rings. The molecule has 0 atom stereocenters. The first kappa shape index (κ1) is 12.4. The lowest BCUT2D eigenvalue weighted by Crippen LogP contribution is -2.27. The van der Waals surface area contributed by atoms with E-state index >= 15 is 0 Å². The van der Waals surface area contributed by atoms with E-state index in [0.717, 1.165) is 7.88 Å². The second-order valence-electron chi connectivity index (χ2n) is 2.87. The lowest BCUT2D eigenvalue weighted by Gasteiger charge is -2.13. The molecular formula is C9H9IN2O2S. The maximum Gasteiger partial charge on any atom is 0.243 e. The smallest absolute Gasteiger partial charge is 0.207 e. The average molecular weight is 336 g/mol.